The van der Waals surface area contributed by atoms with Gasteiger partial charge in [0.1, 0.15) is 12.2 Å². The normalized spacial score (nSPS) is 18.1. The maximum Gasteiger partial charge on any atom is 0.107 e. The number of benzene rings is 1. The lowest BCUT2D eigenvalue weighted by atomic mass is 10.0. The molecule has 0 spiro atoms. The van der Waals surface area contributed by atoms with Gasteiger partial charge in [-0.2, -0.15) is 0 Å². The number of rotatable bonds is 15. The summed E-state index contributed by atoms with van der Waals surface area (Å²) in [6.07, 6.45) is -8.65. The number of aliphatic hydroxyl groups excluding tert-OH is 8. The Balaban J connectivity index is 2.88. The van der Waals surface area contributed by atoms with Gasteiger partial charge in [0.25, 0.3) is 0 Å². The van der Waals surface area contributed by atoms with E-state index >= 15 is 0 Å². The molecular weight excluding hydrogens is 396 g/mol. The lowest BCUT2D eigenvalue weighted by Crippen LogP contribution is -2.49. The van der Waals surface area contributed by atoms with Gasteiger partial charge >= 0.3 is 0 Å². The first-order valence-corrected chi connectivity index (χ1v) is 10.0. The average molecular weight is 433 g/mol. The van der Waals surface area contributed by atoms with Crippen LogP contribution >= 0.6 is 0 Å². The van der Waals surface area contributed by atoms with Crippen LogP contribution in [-0.2, 0) is 13.1 Å². The lowest BCUT2D eigenvalue weighted by molar-refractivity contribution is -0.0933. The quantitative estimate of drug-likeness (QED) is 0.137. The summed E-state index contributed by atoms with van der Waals surface area (Å²) in [5.41, 5.74) is 7.34. The Labute approximate surface area is 176 Å². The van der Waals surface area contributed by atoms with Crippen molar-refractivity contribution in [1.82, 2.24) is 4.90 Å². The fourth-order valence-electron chi connectivity index (χ4n) is 3.11. The Morgan fingerprint density at radius 3 is 1.43 bits per heavy atom. The van der Waals surface area contributed by atoms with Gasteiger partial charge < -0.3 is 46.6 Å². The molecule has 0 fully saturated rings. The zero-order chi connectivity index (χ0) is 22.7. The first kappa shape index (κ1) is 26.9. The van der Waals surface area contributed by atoms with Crippen molar-refractivity contribution >= 4 is 0 Å². The van der Waals surface area contributed by atoms with E-state index in [-0.39, 0.29) is 45.7 Å². The Kier molecular flexibility index (Phi) is 12.5. The van der Waals surface area contributed by atoms with Gasteiger partial charge in [-0.1, -0.05) is 24.3 Å². The van der Waals surface area contributed by atoms with Crippen LogP contribution in [-0.4, -0.2) is 109 Å². The van der Waals surface area contributed by atoms with E-state index in [1.807, 2.05) is 24.3 Å². The van der Waals surface area contributed by atoms with E-state index in [9.17, 15) is 30.6 Å². The Morgan fingerprint density at radius 1 is 0.667 bits per heavy atom. The van der Waals surface area contributed by atoms with Crippen molar-refractivity contribution < 1.29 is 40.9 Å². The van der Waals surface area contributed by atoms with Gasteiger partial charge in [0.05, 0.1) is 24.4 Å². The van der Waals surface area contributed by atoms with E-state index in [1.165, 1.54) is 0 Å². The van der Waals surface area contributed by atoms with Crippen LogP contribution in [0.2, 0.25) is 0 Å². The highest BCUT2D eigenvalue weighted by atomic mass is 16.4. The molecule has 0 bridgehead atoms. The molecule has 10 heteroatoms. The van der Waals surface area contributed by atoms with E-state index in [2.05, 4.69) is 0 Å². The minimum absolute atomic E-state index is 0.104. The molecule has 10 nitrogen and oxygen atoms in total. The zero-order valence-electron chi connectivity index (χ0n) is 17.0. The molecule has 0 heterocycles. The van der Waals surface area contributed by atoms with Crippen LogP contribution in [0.25, 0.3) is 0 Å². The Hall–Kier alpha value is -1.18. The molecular formula is C20H36N2O8. The molecule has 0 aliphatic heterocycles. The molecule has 6 atom stereocenters. The van der Waals surface area contributed by atoms with Gasteiger partial charge in [0.15, 0.2) is 0 Å². The summed E-state index contributed by atoms with van der Waals surface area (Å²) in [4.78, 5) is 1.57. The molecule has 174 valence electrons. The molecule has 1 aromatic carbocycles. The van der Waals surface area contributed by atoms with E-state index in [0.717, 1.165) is 11.1 Å². The largest absolute Gasteiger partial charge is 0.396 e. The van der Waals surface area contributed by atoms with E-state index in [1.54, 1.807) is 4.90 Å². The van der Waals surface area contributed by atoms with Crippen LogP contribution in [0.1, 0.15) is 24.0 Å². The summed E-state index contributed by atoms with van der Waals surface area (Å²) in [5.74, 6) is 0. The second-order valence-electron chi connectivity index (χ2n) is 7.49. The maximum atomic E-state index is 10.3. The summed E-state index contributed by atoms with van der Waals surface area (Å²) < 4.78 is 0. The first-order chi connectivity index (χ1) is 14.2. The molecule has 0 aliphatic rings. The van der Waals surface area contributed by atoms with Crippen molar-refractivity contribution in [2.45, 2.75) is 62.6 Å². The van der Waals surface area contributed by atoms with Gasteiger partial charge in [-0.15, -0.1) is 0 Å². The number of hydrogen-bond donors (Lipinski definition) is 9. The van der Waals surface area contributed by atoms with E-state index < -0.39 is 36.6 Å². The van der Waals surface area contributed by atoms with Crippen LogP contribution in [0.3, 0.4) is 0 Å². The van der Waals surface area contributed by atoms with Gasteiger partial charge in [-0.3, -0.25) is 4.90 Å². The minimum atomic E-state index is -1.51. The fourth-order valence-corrected chi connectivity index (χ4v) is 3.11. The first-order valence-electron chi connectivity index (χ1n) is 10.0. The molecule has 1 rings (SSSR count). The number of aliphatic hydroxyl groups is 8. The third-order valence-corrected chi connectivity index (χ3v) is 4.98. The molecule has 0 saturated heterocycles. The highest BCUT2D eigenvalue weighted by Gasteiger charge is 2.30. The van der Waals surface area contributed by atoms with E-state index in [4.69, 9.17) is 15.9 Å². The van der Waals surface area contributed by atoms with Gasteiger partial charge in [0.2, 0.25) is 0 Å². The number of nitrogens with two attached hydrogens (primary N) is 1. The third kappa shape index (κ3) is 8.90. The zero-order valence-corrected chi connectivity index (χ0v) is 17.0. The summed E-state index contributed by atoms with van der Waals surface area (Å²) in [6, 6.07) is 7.31. The minimum Gasteiger partial charge on any atom is -0.396 e. The fraction of sp³-hybridized carbons (Fsp3) is 0.700. The topological polar surface area (TPSA) is 191 Å². The van der Waals surface area contributed by atoms with Crippen molar-refractivity contribution in [3.63, 3.8) is 0 Å². The molecule has 10 N–H and O–H groups in total. The maximum absolute atomic E-state index is 10.3. The van der Waals surface area contributed by atoms with Gasteiger partial charge in [0, 0.05) is 39.4 Å². The molecule has 0 saturated carbocycles. The van der Waals surface area contributed by atoms with Crippen molar-refractivity contribution in [3.8, 4) is 0 Å². The Bertz CT molecular complexity index is 550. The standard InChI is InChI=1S/C20H36N2O8/c21-9-13-1-3-14(4-2-13)10-22(11-17(27)19(29)15(25)5-7-23)12-18(28)20(30)16(26)6-8-24/h1-4,15-20,23-30H,5-12,21H2. The number of nitrogens with zero attached hydrogens (tertiary/aromatic N) is 1. The lowest BCUT2D eigenvalue weighted by Gasteiger charge is -2.32. The molecule has 0 amide bonds. The molecule has 0 aromatic heterocycles. The molecule has 6 unspecified atom stereocenters. The smallest absolute Gasteiger partial charge is 0.107 e. The Morgan fingerprint density at radius 2 is 1.07 bits per heavy atom. The van der Waals surface area contributed by atoms with Crippen LogP contribution in [0.15, 0.2) is 24.3 Å². The third-order valence-electron chi connectivity index (χ3n) is 4.98. The summed E-state index contributed by atoms with van der Waals surface area (Å²) in [6.45, 7) is -0.383. The average Bonchev–Trinajstić information content (AvgIpc) is 2.73. The van der Waals surface area contributed by atoms with Gasteiger partial charge in [-0.25, -0.2) is 0 Å². The highest BCUT2D eigenvalue weighted by Crippen LogP contribution is 2.14. The second-order valence-corrected chi connectivity index (χ2v) is 7.49. The molecule has 1 aromatic rings. The molecule has 30 heavy (non-hydrogen) atoms. The summed E-state index contributed by atoms with van der Waals surface area (Å²) in [7, 11) is 0. The number of hydrogen-bond acceptors (Lipinski definition) is 10. The van der Waals surface area contributed by atoms with E-state index in [0.29, 0.717) is 6.54 Å². The SMILES string of the molecule is NCc1ccc(CN(CC(O)C(O)C(O)CCO)CC(O)C(O)C(O)CCO)cc1. The highest BCUT2D eigenvalue weighted by molar-refractivity contribution is 5.22. The van der Waals surface area contributed by atoms with Crippen LogP contribution in [0.4, 0.5) is 0 Å². The van der Waals surface area contributed by atoms with Gasteiger partial charge in [-0.05, 0) is 24.0 Å². The predicted octanol–water partition coefficient (Wildman–Crippen LogP) is -3.12. The second kappa shape index (κ2) is 14.0. The monoisotopic (exact) mass is 432 g/mol. The summed E-state index contributed by atoms with van der Waals surface area (Å²) >= 11 is 0. The van der Waals surface area contributed by atoms with Crippen molar-refractivity contribution in [3.05, 3.63) is 35.4 Å². The van der Waals surface area contributed by atoms with Crippen LogP contribution < -0.4 is 5.73 Å². The van der Waals surface area contributed by atoms with Crippen molar-refractivity contribution in [1.29, 1.82) is 0 Å². The van der Waals surface area contributed by atoms with Crippen molar-refractivity contribution in [2.75, 3.05) is 26.3 Å². The molecule has 0 aliphatic carbocycles. The van der Waals surface area contributed by atoms with Crippen LogP contribution in [0.5, 0.6) is 0 Å². The van der Waals surface area contributed by atoms with Crippen LogP contribution in [0, 0.1) is 0 Å². The molecule has 0 radical (unpaired) electrons. The van der Waals surface area contributed by atoms with Crippen molar-refractivity contribution in [2.24, 2.45) is 5.73 Å². The summed E-state index contributed by atoms with van der Waals surface area (Å²) in [5, 5.41) is 78.2. The predicted molar refractivity (Wildman–Crippen MR) is 109 cm³/mol.